The van der Waals surface area contributed by atoms with Crippen LogP contribution in [0.25, 0.3) is 0 Å². The standard InChI is InChI=1S/C14H18ClN3O3/c1-3-11-13(19)17-4-5-18(11)12-9(14(20)21-2)6-8(16)7-10(12)15/h6-7,11H,3-5,16H2,1-2H3,(H,17,19). The molecular weight excluding hydrogens is 294 g/mol. The van der Waals surface area contributed by atoms with Gasteiger partial charge in [0.25, 0.3) is 0 Å². The predicted molar refractivity (Wildman–Crippen MR) is 81.6 cm³/mol. The van der Waals surface area contributed by atoms with Crippen molar-refractivity contribution in [3.8, 4) is 0 Å². The van der Waals surface area contributed by atoms with Crippen molar-refractivity contribution in [1.29, 1.82) is 0 Å². The van der Waals surface area contributed by atoms with Crippen LogP contribution >= 0.6 is 11.6 Å². The van der Waals surface area contributed by atoms with E-state index >= 15 is 0 Å². The number of benzene rings is 1. The molecule has 1 aromatic rings. The molecule has 0 radical (unpaired) electrons. The maximum Gasteiger partial charge on any atom is 0.340 e. The molecule has 1 atom stereocenters. The number of anilines is 2. The van der Waals surface area contributed by atoms with Crippen LogP contribution in [-0.4, -0.2) is 38.1 Å². The summed E-state index contributed by atoms with van der Waals surface area (Å²) in [5.74, 6) is -0.604. The summed E-state index contributed by atoms with van der Waals surface area (Å²) in [5.41, 5.74) is 6.90. The van der Waals surface area contributed by atoms with Gasteiger partial charge < -0.3 is 20.7 Å². The highest BCUT2D eigenvalue weighted by atomic mass is 35.5. The fourth-order valence-corrected chi connectivity index (χ4v) is 2.90. The van der Waals surface area contributed by atoms with Gasteiger partial charge in [-0.25, -0.2) is 4.79 Å². The van der Waals surface area contributed by atoms with Gasteiger partial charge in [0.15, 0.2) is 0 Å². The van der Waals surface area contributed by atoms with Crippen molar-refractivity contribution < 1.29 is 14.3 Å². The highest BCUT2D eigenvalue weighted by Crippen LogP contribution is 2.35. The molecule has 0 bridgehead atoms. The zero-order valence-corrected chi connectivity index (χ0v) is 12.7. The lowest BCUT2D eigenvalue weighted by atomic mass is 10.0. The monoisotopic (exact) mass is 311 g/mol. The molecule has 6 nitrogen and oxygen atoms in total. The Labute approximate surface area is 128 Å². The van der Waals surface area contributed by atoms with Gasteiger partial charge in [-0.3, -0.25) is 4.79 Å². The molecule has 0 aliphatic carbocycles. The van der Waals surface area contributed by atoms with Crippen molar-refractivity contribution >= 4 is 34.9 Å². The van der Waals surface area contributed by atoms with Crippen molar-refractivity contribution in [2.24, 2.45) is 0 Å². The first kappa shape index (κ1) is 15.4. The maximum absolute atomic E-state index is 12.0. The second-order valence-electron chi connectivity index (χ2n) is 4.80. The summed E-state index contributed by atoms with van der Waals surface area (Å²) in [6.07, 6.45) is 0.604. The van der Waals surface area contributed by atoms with Gasteiger partial charge in [-0.15, -0.1) is 0 Å². The molecule has 1 fully saturated rings. The number of hydrogen-bond donors (Lipinski definition) is 2. The van der Waals surface area contributed by atoms with E-state index < -0.39 is 5.97 Å². The van der Waals surface area contributed by atoms with E-state index in [4.69, 9.17) is 22.1 Å². The minimum absolute atomic E-state index is 0.0764. The molecule has 1 amide bonds. The van der Waals surface area contributed by atoms with Crippen molar-refractivity contribution in [3.05, 3.63) is 22.7 Å². The highest BCUT2D eigenvalue weighted by molar-refractivity contribution is 6.34. The average molecular weight is 312 g/mol. The quantitative estimate of drug-likeness (QED) is 0.651. The summed E-state index contributed by atoms with van der Waals surface area (Å²) in [6.45, 7) is 2.97. The Balaban J connectivity index is 2.55. The first-order valence-electron chi connectivity index (χ1n) is 6.71. The molecule has 7 heteroatoms. The van der Waals surface area contributed by atoms with E-state index in [-0.39, 0.29) is 17.5 Å². The Morgan fingerprint density at radius 1 is 1.57 bits per heavy atom. The van der Waals surface area contributed by atoms with Crippen molar-refractivity contribution in [3.63, 3.8) is 0 Å². The predicted octanol–water partition coefficient (Wildman–Crippen LogP) is 1.42. The van der Waals surface area contributed by atoms with Crippen molar-refractivity contribution in [2.45, 2.75) is 19.4 Å². The SMILES string of the molecule is CCC1C(=O)NCCN1c1c(Cl)cc(N)cc1C(=O)OC. The van der Waals surface area contributed by atoms with Crippen molar-refractivity contribution in [2.75, 3.05) is 30.8 Å². The summed E-state index contributed by atoms with van der Waals surface area (Å²) in [5, 5.41) is 3.15. The first-order chi connectivity index (χ1) is 9.99. The topological polar surface area (TPSA) is 84.7 Å². The fourth-order valence-electron chi connectivity index (χ4n) is 2.57. The number of ether oxygens (including phenoxy) is 1. The van der Waals surface area contributed by atoms with E-state index in [1.807, 2.05) is 11.8 Å². The molecule has 1 aliphatic heterocycles. The highest BCUT2D eigenvalue weighted by Gasteiger charge is 2.32. The fraction of sp³-hybridized carbons (Fsp3) is 0.429. The second-order valence-corrected chi connectivity index (χ2v) is 5.21. The normalized spacial score (nSPS) is 18.3. The zero-order valence-electron chi connectivity index (χ0n) is 12.0. The van der Waals surface area contributed by atoms with Gasteiger partial charge in [0.1, 0.15) is 6.04 Å². The number of halogens is 1. The van der Waals surface area contributed by atoms with Crippen LogP contribution in [0.15, 0.2) is 12.1 Å². The van der Waals surface area contributed by atoms with Crippen LogP contribution in [0.2, 0.25) is 5.02 Å². The van der Waals surface area contributed by atoms with Crippen LogP contribution in [0.3, 0.4) is 0 Å². The molecule has 0 aromatic heterocycles. The van der Waals surface area contributed by atoms with E-state index in [2.05, 4.69) is 5.32 Å². The molecule has 2 rings (SSSR count). The Morgan fingerprint density at radius 2 is 2.29 bits per heavy atom. The molecule has 21 heavy (non-hydrogen) atoms. The molecule has 3 N–H and O–H groups in total. The number of nitrogens with two attached hydrogens (primary N) is 1. The lowest BCUT2D eigenvalue weighted by Crippen LogP contribution is -2.55. The molecule has 1 unspecified atom stereocenters. The zero-order chi connectivity index (χ0) is 15.6. The second kappa shape index (κ2) is 6.22. The van der Waals surface area contributed by atoms with Gasteiger partial charge in [0.2, 0.25) is 5.91 Å². The molecule has 114 valence electrons. The van der Waals surface area contributed by atoms with Gasteiger partial charge in [-0.2, -0.15) is 0 Å². The van der Waals surface area contributed by atoms with Gasteiger partial charge in [-0.1, -0.05) is 18.5 Å². The van der Waals surface area contributed by atoms with Crippen molar-refractivity contribution in [1.82, 2.24) is 5.32 Å². The van der Waals surface area contributed by atoms with Crippen LogP contribution in [-0.2, 0) is 9.53 Å². The molecule has 0 saturated carbocycles. The van der Waals surface area contributed by atoms with Gasteiger partial charge >= 0.3 is 5.97 Å². The average Bonchev–Trinajstić information content (AvgIpc) is 2.45. The number of carbonyl (C=O) groups is 2. The number of rotatable bonds is 3. The number of methoxy groups -OCH3 is 1. The van der Waals surface area contributed by atoms with Crippen LogP contribution in [0.5, 0.6) is 0 Å². The molecule has 1 aromatic carbocycles. The minimum Gasteiger partial charge on any atom is -0.465 e. The van der Waals surface area contributed by atoms with E-state index in [0.29, 0.717) is 35.9 Å². The van der Waals surface area contributed by atoms with E-state index in [0.717, 1.165) is 0 Å². The summed E-state index contributed by atoms with van der Waals surface area (Å²) in [7, 11) is 1.30. The number of carbonyl (C=O) groups excluding carboxylic acids is 2. The summed E-state index contributed by atoms with van der Waals surface area (Å²) in [6, 6.07) is 2.72. The number of esters is 1. The van der Waals surface area contributed by atoms with Crippen LogP contribution in [0, 0.1) is 0 Å². The third-order valence-corrected chi connectivity index (χ3v) is 3.78. The third kappa shape index (κ3) is 2.90. The molecular formula is C14H18ClN3O3. The van der Waals surface area contributed by atoms with Gasteiger partial charge in [-0.05, 0) is 18.6 Å². The van der Waals surface area contributed by atoms with E-state index in [1.165, 1.54) is 13.2 Å². The number of nitrogens with one attached hydrogen (secondary N) is 1. The lowest BCUT2D eigenvalue weighted by Gasteiger charge is -2.37. The molecule has 1 saturated heterocycles. The smallest absolute Gasteiger partial charge is 0.340 e. The lowest BCUT2D eigenvalue weighted by molar-refractivity contribution is -0.123. The Hall–Kier alpha value is -1.95. The first-order valence-corrected chi connectivity index (χ1v) is 7.09. The van der Waals surface area contributed by atoms with Crippen LogP contribution in [0.4, 0.5) is 11.4 Å². The number of hydrogen-bond acceptors (Lipinski definition) is 5. The maximum atomic E-state index is 12.0. The van der Waals surface area contributed by atoms with Gasteiger partial charge in [0.05, 0.1) is 23.4 Å². The third-order valence-electron chi connectivity index (χ3n) is 3.50. The molecule has 0 spiro atoms. The number of nitrogens with zero attached hydrogens (tertiary/aromatic N) is 1. The van der Waals surface area contributed by atoms with E-state index in [1.54, 1.807) is 6.07 Å². The molecule has 1 aliphatic rings. The molecule has 1 heterocycles. The number of nitrogen functional groups attached to an aromatic ring is 1. The number of amides is 1. The van der Waals surface area contributed by atoms with Crippen LogP contribution in [0.1, 0.15) is 23.7 Å². The largest absolute Gasteiger partial charge is 0.465 e. The Morgan fingerprint density at radius 3 is 2.90 bits per heavy atom. The summed E-state index contributed by atoms with van der Waals surface area (Å²) in [4.78, 5) is 25.8. The Kier molecular flexibility index (Phi) is 4.57. The summed E-state index contributed by atoms with van der Waals surface area (Å²) < 4.78 is 4.79. The van der Waals surface area contributed by atoms with Gasteiger partial charge in [0, 0.05) is 18.8 Å². The minimum atomic E-state index is -0.528. The van der Waals surface area contributed by atoms with Crippen LogP contribution < -0.4 is 16.0 Å². The van der Waals surface area contributed by atoms with E-state index in [9.17, 15) is 9.59 Å². The Bertz CT molecular complexity index is 577. The number of piperazine rings is 1. The summed E-state index contributed by atoms with van der Waals surface area (Å²) >= 11 is 6.28.